The molecule has 0 amide bonds. The molecule has 6 heteroatoms. The van der Waals surface area contributed by atoms with Gasteiger partial charge in [0.2, 0.25) is 0 Å². The standard InChI is InChI=1S/C17H29N5O/c1-17(9-7-13-23-17)14-22-16(18-2)21-12-6-5-11-20-15-8-3-4-10-19-15/h3-4,8,10H,5-7,9,11-14H2,1-2H3,(H,19,20)(H2,18,21,22). The minimum Gasteiger partial charge on any atom is -0.373 e. The van der Waals surface area contributed by atoms with Crippen LogP contribution in [-0.2, 0) is 4.74 Å². The zero-order valence-corrected chi connectivity index (χ0v) is 14.3. The Morgan fingerprint density at radius 1 is 1.30 bits per heavy atom. The Labute approximate surface area is 139 Å². The first-order valence-corrected chi connectivity index (χ1v) is 8.45. The third-order valence-electron chi connectivity index (χ3n) is 4.02. The second-order valence-electron chi connectivity index (χ2n) is 6.10. The number of aliphatic imine (C=N–C) groups is 1. The smallest absolute Gasteiger partial charge is 0.191 e. The van der Waals surface area contributed by atoms with Gasteiger partial charge in [-0.1, -0.05) is 6.07 Å². The van der Waals surface area contributed by atoms with Crippen LogP contribution in [0.15, 0.2) is 29.4 Å². The van der Waals surface area contributed by atoms with Gasteiger partial charge in [0.15, 0.2) is 5.96 Å². The van der Waals surface area contributed by atoms with Crippen molar-refractivity contribution in [1.82, 2.24) is 15.6 Å². The molecule has 1 aliphatic heterocycles. The normalized spacial score (nSPS) is 21.2. The molecular formula is C17H29N5O. The lowest BCUT2D eigenvalue weighted by atomic mass is 10.0. The molecule has 128 valence electrons. The molecule has 1 aromatic rings. The highest BCUT2D eigenvalue weighted by Crippen LogP contribution is 2.23. The van der Waals surface area contributed by atoms with Crippen LogP contribution in [0.5, 0.6) is 0 Å². The summed E-state index contributed by atoms with van der Waals surface area (Å²) in [5.41, 5.74) is -0.0514. The predicted molar refractivity (Wildman–Crippen MR) is 94.9 cm³/mol. The molecule has 1 fully saturated rings. The van der Waals surface area contributed by atoms with Crippen molar-refractivity contribution in [2.45, 2.75) is 38.2 Å². The fourth-order valence-corrected chi connectivity index (χ4v) is 2.61. The average molecular weight is 319 g/mol. The maximum absolute atomic E-state index is 5.78. The maximum Gasteiger partial charge on any atom is 0.191 e. The number of pyridine rings is 1. The van der Waals surface area contributed by atoms with Gasteiger partial charge < -0.3 is 20.7 Å². The third kappa shape index (κ3) is 6.44. The molecule has 1 saturated heterocycles. The Morgan fingerprint density at radius 3 is 2.87 bits per heavy atom. The number of anilines is 1. The van der Waals surface area contributed by atoms with E-state index in [9.17, 15) is 0 Å². The highest BCUT2D eigenvalue weighted by atomic mass is 16.5. The van der Waals surface area contributed by atoms with E-state index in [0.717, 1.165) is 63.7 Å². The topological polar surface area (TPSA) is 70.6 Å². The third-order valence-corrected chi connectivity index (χ3v) is 4.02. The highest BCUT2D eigenvalue weighted by Gasteiger charge is 2.29. The summed E-state index contributed by atoms with van der Waals surface area (Å²) >= 11 is 0. The van der Waals surface area contributed by atoms with E-state index in [0.29, 0.717) is 0 Å². The van der Waals surface area contributed by atoms with Crippen molar-refractivity contribution in [3.8, 4) is 0 Å². The molecule has 1 atom stereocenters. The van der Waals surface area contributed by atoms with Crippen molar-refractivity contribution < 1.29 is 4.74 Å². The van der Waals surface area contributed by atoms with E-state index < -0.39 is 0 Å². The molecule has 6 nitrogen and oxygen atoms in total. The summed E-state index contributed by atoms with van der Waals surface area (Å²) in [6.07, 6.45) is 6.22. The van der Waals surface area contributed by atoms with Gasteiger partial charge in [0, 0.05) is 39.5 Å². The van der Waals surface area contributed by atoms with Crippen molar-refractivity contribution in [1.29, 1.82) is 0 Å². The maximum atomic E-state index is 5.78. The summed E-state index contributed by atoms with van der Waals surface area (Å²) in [7, 11) is 1.80. The van der Waals surface area contributed by atoms with Gasteiger partial charge in [-0.15, -0.1) is 0 Å². The van der Waals surface area contributed by atoms with Crippen LogP contribution < -0.4 is 16.0 Å². The SMILES string of the molecule is CN=C(NCCCCNc1ccccn1)NCC1(C)CCCO1. The van der Waals surface area contributed by atoms with Crippen molar-refractivity contribution in [2.24, 2.45) is 4.99 Å². The van der Waals surface area contributed by atoms with Gasteiger partial charge >= 0.3 is 0 Å². The van der Waals surface area contributed by atoms with Crippen molar-refractivity contribution >= 4 is 11.8 Å². The van der Waals surface area contributed by atoms with Gasteiger partial charge in [0.1, 0.15) is 5.82 Å². The first-order valence-electron chi connectivity index (χ1n) is 8.45. The van der Waals surface area contributed by atoms with E-state index in [1.165, 1.54) is 0 Å². The lowest BCUT2D eigenvalue weighted by Gasteiger charge is -2.24. The Bertz CT molecular complexity index is 471. The molecule has 23 heavy (non-hydrogen) atoms. The van der Waals surface area contributed by atoms with E-state index in [4.69, 9.17) is 4.74 Å². The van der Waals surface area contributed by atoms with E-state index >= 15 is 0 Å². The van der Waals surface area contributed by atoms with Crippen LogP contribution in [0.3, 0.4) is 0 Å². The van der Waals surface area contributed by atoms with E-state index in [-0.39, 0.29) is 5.60 Å². The second-order valence-corrected chi connectivity index (χ2v) is 6.10. The monoisotopic (exact) mass is 319 g/mol. The number of nitrogens with zero attached hydrogens (tertiary/aromatic N) is 2. The van der Waals surface area contributed by atoms with Gasteiger partial charge in [-0.05, 0) is 44.7 Å². The summed E-state index contributed by atoms with van der Waals surface area (Å²) in [5, 5.41) is 10.0. The van der Waals surface area contributed by atoms with E-state index in [2.05, 4.69) is 32.9 Å². The lowest BCUT2D eigenvalue weighted by Crippen LogP contribution is -2.45. The van der Waals surface area contributed by atoms with Crippen LogP contribution in [0.25, 0.3) is 0 Å². The van der Waals surface area contributed by atoms with Crippen LogP contribution in [-0.4, -0.2) is 49.8 Å². The van der Waals surface area contributed by atoms with Crippen LogP contribution in [0.2, 0.25) is 0 Å². The fourth-order valence-electron chi connectivity index (χ4n) is 2.61. The number of aromatic nitrogens is 1. The molecule has 0 aromatic carbocycles. The molecule has 0 bridgehead atoms. The highest BCUT2D eigenvalue weighted by molar-refractivity contribution is 5.79. The number of guanidine groups is 1. The summed E-state index contributed by atoms with van der Waals surface area (Å²) in [5.74, 6) is 1.78. The zero-order valence-electron chi connectivity index (χ0n) is 14.3. The van der Waals surface area contributed by atoms with Gasteiger partial charge in [0.25, 0.3) is 0 Å². The Morgan fingerprint density at radius 2 is 2.17 bits per heavy atom. The summed E-state index contributed by atoms with van der Waals surface area (Å²) in [6.45, 7) is 5.66. The number of ether oxygens (including phenoxy) is 1. The lowest BCUT2D eigenvalue weighted by molar-refractivity contribution is 0.0243. The Kier molecular flexibility index (Phi) is 7.13. The van der Waals surface area contributed by atoms with E-state index in [1.807, 2.05) is 18.2 Å². The molecule has 2 rings (SSSR count). The average Bonchev–Trinajstić information content (AvgIpc) is 3.01. The quantitative estimate of drug-likeness (QED) is 0.388. The minimum atomic E-state index is -0.0514. The van der Waals surface area contributed by atoms with Gasteiger partial charge in [0.05, 0.1) is 5.60 Å². The van der Waals surface area contributed by atoms with Gasteiger partial charge in [-0.25, -0.2) is 4.98 Å². The first-order chi connectivity index (χ1) is 11.2. The van der Waals surface area contributed by atoms with Crippen molar-refractivity contribution in [2.75, 3.05) is 38.6 Å². The molecule has 0 radical (unpaired) electrons. The summed E-state index contributed by atoms with van der Waals surface area (Å²) < 4.78 is 5.78. The minimum absolute atomic E-state index is 0.0514. The Hall–Kier alpha value is -1.82. The molecule has 0 saturated carbocycles. The van der Waals surface area contributed by atoms with Gasteiger partial charge in [-0.2, -0.15) is 0 Å². The number of unbranched alkanes of at least 4 members (excludes halogenated alkanes) is 1. The molecular weight excluding hydrogens is 290 g/mol. The van der Waals surface area contributed by atoms with E-state index in [1.54, 1.807) is 13.2 Å². The van der Waals surface area contributed by atoms with Crippen molar-refractivity contribution in [3.05, 3.63) is 24.4 Å². The zero-order chi connectivity index (χ0) is 16.4. The van der Waals surface area contributed by atoms with Crippen LogP contribution in [0.4, 0.5) is 5.82 Å². The first kappa shape index (κ1) is 17.5. The molecule has 2 heterocycles. The molecule has 0 spiro atoms. The molecule has 3 N–H and O–H groups in total. The molecule has 1 unspecified atom stereocenters. The predicted octanol–water partition coefficient (Wildman–Crippen LogP) is 2.01. The van der Waals surface area contributed by atoms with Crippen molar-refractivity contribution in [3.63, 3.8) is 0 Å². The second kappa shape index (κ2) is 9.35. The summed E-state index contributed by atoms with van der Waals surface area (Å²) in [4.78, 5) is 8.50. The number of nitrogens with one attached hydrogen (secondary N) is 3. The van der Waals surface area contributed by atoms with Gasteiger partial charge in [-0.3, -0.25) is 4.99 Å². The molecule has 1 aromatic heterocycles. The van der Waals surface area contributed by atoms with Crippen LogP contribution in [0, 0.1) is 0 Å². The summed E-state index contributed by atoms with van der Waals surface area (Å²) in [6, 6.07) is 5.89. The molecule has 0 aliphatic carbocycles. The van der Waals surface area contributed by atoms with Crippen LogP contribution >= 0.6 is 0 Å². The number of hydrogen-bond donors (Lipinski definition) is 3. The molecule has 1 aliphatic rings. The number of hydrogen-bond acceptors (Lipinski definition) is 4. The fraction of sp³-hybridized carbons (Fsp3) is 0.647. The largest absolute Gasteiger partial charge is 0.373 e. The van der Waals surface area contributed by atoms with Crippen LogP contribution in [0.1, 0.15) is 32.6 Å². The number of rotatable bonds is 8. The Balaban J connectivity index is 1.53.